The summed E-state index contributed by atoms with van der Waals surface area (Å²) < 4.78 is 0. The summed E-state index contributed by atoms with van der Waals surface area (Å²) in [5.41, 5.74) is 0.205. The van der Waals surface area contributed by atoms with E-state index in [2.05, 4.69) is 41.0 Å². The van der Waals surface area contributed by atoms with Gasteiger partial charge in [0.25, 0.3) is 0 Å². The van der Waals surface area contributed by atoms with E-state index >= 15 is 0 Å². The third-order valence-electron chi connectivity index (χ3n) is 3.43. The normalized spacial score (nSPS) is 17.8. The van der Waals surface area contributed by atoms with Crippen molar-refractivity contribution in [2.75, 3.05) is 24.5 Å². The Labute approximate surface area is 120 Å². The third kappa shape index (κ3) is 4.62. The molecule has 0 bridgehead atoms. The molecule has 0 radical (unpaired) electrons. The molecule has 5 heteroatoms. The zero-order valence-corrected chi connectivity index (χ0v) is 12.7. The molecule has 1 fully saturated rings. The number of nitrogens with zero attached hydrogens (tertiary/aromatic N) is 3. The smallest absolute Gasteiger partial charge is 0.225 e. The Bertz CT molecular complexity index is 391. The van der Waals surface area contributed by atoms with E-state index in [1.54, 1.807) is 12.4 Å². The Morgan fingerprint density at radius 3 is 2.37 bits per heavy atom. The van der Waals surface area contributed by atoms with Gasteiger partial charge in [0.15, 0.2) is 0 Å². The maximum atomic E-state index is 5.81. The average molecular weight is 283 g/mol. The SMILES string of the molecule is CC(C)(C)NCC1CCN(c2ncc(Cl)cn2)CC1. The number of hydrogen-bond acceptors (Lipinski definition) is 4. The van der Waals surface area contributed by atoms with Crippen LogP contribution in [0.4, 0.5) is 5.95 Å². The lowest BCUT2D eigenvalue weighted by molar-refractivity contribution is 0.328. The summed E-state index contributed by atoms with van der Waals surface area (Å²) in [7, 11) is 0. The predicted octanol–water partition coefficient (Wildman–Crippen LogP) is 2.73. The molecule has 19 heavy (non-hydrogen) atoms. The first kappa shape index (κ1) is 14.5. The van der Waals surface area contributed by atoms with Crippen LogP contribution in [0.3, 0.4) is 0 Å². The highest BCUT2D eigenvalue weighted by molar-refractivity contribution is 6.30. The lowest BCUT2D eigenvalue weighted by atomic mass is 9.95. The van der Waals surface area contributed by atoms with Crippen LogP contribution in [0, 0.1) is 5.92 Å². The molecule has 0 unspecified atom stereocenters. The van der Waals surface area contributed by atoms with E-state index in [1.807, 2.05) is 0 Å². The van der Waals surface area contributed by atoms with Crippen LogP contribution in [0.2, 0.25) is 5.02 Å². The largest absolute Gasteiger partial charge is 0.341 e. The van der Waals surface area contributed by atoms with Crippen molar-refractivity contribution < 1.29 is 0 Å². The lowest BCUT2D eigenvalue weighted by Gasteiger charge is -2.33. The number of hydrogen-bond donors (Lipinski definition) is 1. The fourth-order valence-electron chi connectivity index (χ4n) is 2.26. The lowest BCUT2D eigenvalue weighted by Crippen LogP contribution is -2.43. The van der Waals surface area contributed by atoms with Crippen LogP contribution >= 0.6 is 11.6 Å². The first-order chi connectivity index (χ1) is 8.94. The molecule has 0 aliphatic carbocycles. The van der Waals surface area contributed by atoms with Gasteiger partial charge in [0.1, 0.15) is 0 Å². The molecule has 1 aliphatic rings. The number of aromatic nitrogens is 2. The molecule has 1 aromatic heterocycles. The molecule has 0 spiro atoms. The minimum Gasteiger partial charge on any atom is -0.341 e. The van der Waals surface area contributed by atoms with E-state index in [4.69, 9.17) is 11.6 Å². The van der Waals surface area contributed by atoms with Gasteiger partial charge in [-0.3, -0.25) is 0 Å². The molecule has 0 saturated carbocycles. The van der Waals surface area contributed by atoms with E-state index < -0.39 is 0 Å². The molecule has 0 aromatic carbocycles. The molecule has 0 atom stereocenters. The van der Waals surface area contributed by atoms with Crippen molar-refractivity contribution in [1.82, 2.24) is 15.3 Å². The minimum atomic E-state index is 0.205. The van der Waals surface area contributed by atoms with Crippen LogP contribution in [0.1, 0.15) is 33.6 Å². The maximum Gasteiger partial charge on any atom is 0.225 e. The minimum absolute atomic E-state index is 0.205. The molecule has 1 aromatic rings. The van der Waals surface area contributed by atoms with Gasteiger partial charge in [0.05, 0.1) is 17.4 Å². The van der Waals surface area contributed by atoms with Crippen molar-refractivity contribution >= 4 is 17.5 Å². The van der Waals surface area contributed by atoms with Gasteiger partial charge >= 0.3 is 0 Å². The molecular formula is C14H23ClN4. The van der Waals surface area contributed by atoms with Gasteiger partial charge in [-0.1, -0.05) is 11.6 Å². The van der Waals surface area contributed by atoms with Crippen molar-refractivity contribution in [3.8, 4) is 0 Å². The van der Waals surface area contributed by atoms with Gasteiger partial charge in [-0.25, -0.2) is 9.97 Å². The summed E-state index contributed by atoms with van der Waals surface area (Å²) in [5, 5.41) is 4.18. The summed E-state index contributed by atoms with van der Waals surface area (Å²) >= 11 is 5.81. The van der Waals surface area contributed by atoms with Gasteiger partial charge in [-0.05, 0) is 46.1 Å². The van der Waals surface area contributed by atoms with Crippen molar-refractivity contribution in [3.05, 3.63) is 17.4 Å². The molecule has 2 heterocycles. The van der Waals surface area contributed by atoms with Crippen LogP contribution in [0.15, 0.2) is 12.4 Å². The van der Waals surface area contributed by atoms with E-state index in [0.717, 1.165) is 31.5 Å². The van der Waals surface area contributed by atoms with Crippen molar-refractivity contribution in [2.24, 2.45) is 5.92 Å². The summed E-state index contributed by atoms with van der Waals surface area (Å²) in [5.74, 6) is 1.55. The van der Waals surface area contributed by atoms with Crippen molar-refractivity contribution in [2.45, 2.75) is 39.2 Å². The summed E-state index contributed by atoms with van der Waals surface area (Å²) in [6.07, 6.45) is 5.71. The second kappa shape index (κ2) is 6.06. The van der Waals surface area contributed by atoms with Gasteiger partial charge in [0.2, 0.25) is 5.95 Å². The Balaban J connectivity index is 1.81. The van der Waals surface area contributed by atoms with Gasteiger partial charge in [-0.2, -0.15) is 0 Å². The fourth-order valence-corrected chi connectivity index (χ4v) is 2.35. The monoisotopic (exact) mass is 282 g/mol. The summed E-state index contributed by atoms with van der Waals surface area (Å²) in [6, 6.07) is 0. The Morgan fingerprint density at radius 1 is 1.26 bits per heavy atom. The molecule has 1 aliphatic heterocycles. The summed E-state index contributed by atoms with van der Waals surface area (Å²) in [6.45, 7) is 9.78. The van der Waals surface area contributed by atoms with Gasteiger partial charge in [0, 0.05) is 18.6 Å². The quantitative estimate of drug-likeness (QED) is 0.926. The van der Waals surface area contributed by atoms with Crippen LogP contribution in [0.25, 0.3) is 0 Å². The van der Waals surface area contributed by atoms with Crippen LogP contribution in [-0.2, 0) is 0 Å². The molecule has 0 amide bonds. The predicted molar refractivity (Wildman–Crippen MR) is 79.7 cm³/mol. The highest BCUT2D eigenvalue weighted by atomic mass is 35.5. The Kier molecular flexibility index (Phi) is 4.63. The van der Waals surface area contributed by atoms with Crippen molar-refractivity contribution in [3.63, 3.8) is 0 Å². The van der Waals surface area contributed by atoms with E-state index in [0.29, 0.717) is 5.02 Å². The zero-order valence-electron chi connectivity index (χ0n) is 12.0. The first-order valence-electron chi connectivity index (χ1n) is 6.91. The molecule has 106 valence electrons. The van der Waals surface area contributed by atoms with Crippen LogP contribution in [-0.4, -0.2) is 35.1 Å². The number of rotatable bonds is 3. The zero-order chi connectivity index (χ0) is 13.9. The summed E-state index contributed by atoms with van der Waals surface area (Å²) in [4.78, 5) is 10.8. The first-order valence-corrected chi connectivity index (χ1v) is 7.29. The van der Waals surface area contributed by atoms with E-state index in [1.165, 1.54) is 12.8 Å². The van der Waals surface area contributed by atoms with Gasteiger partial charge in [-0.15, -0.1) is 0 Å². The van der Waals surface area contributed by atoms with E-state index in [9.17, 15) is 0 Å². The second-order valence-corrected chi connectivity index (χ2v) is 6.70. The molecule has 1 saturated heterocycles. The standard InChI is InChI=1S/C14H23ClN4/c1-14(2,3)18-8-11-4-6-19(7-5-11)13-16-9-12(15)10-17-13/h9-11,18H,4-8H2,1-3H3. The molecular weight excluding hydrogens is 260 g/mol. The maximum absolute atomic E-state index is 5.81. The van der Waals surface area contributed by atoms with Gasteiger partial charge < -0.3 is 10.2 Å². The molecule has 4 nitrogen and oxygen atoms in total. The Hall–Kier alpha value is -0.870. The number of nitrogens with one attached hydrogen (secondary N) is 1. The highest BCUT2D eigenvalue weighted by Crippen LogP contribution is 2.21. The second-order valence-electron chi connectivity index (χ2n) is 6.26. The number of piperidine rings is 1. The average Bonchev–Trinajstić information content (AvgIpc) is 2.37. The third-order valence-corrected chi connectivity index (χ3v) is 3.62. The fraction of sp³-hybridized carbons (Fsp3) is 0.714. The number of anilines is 1. The highest BCUT2D eigenvalue weighted by Gasteiger charge is 2.22. The molecule has 1 N–H and O–H groups in total. The topological polar surface area (TPSA) is 41.0 Å². The van der Waals surface area contributed by atoms with E-state index in [-0.39, 0.29) is 5.54 Å². The molecule has 2 rings (SSSR count). The Morgan fingerprint density at radius 2 is 1.84 bits per heavy atom. The van der Waals surface area contributed by atoms with Crippen LogP contribution < -0.4 is 10.2 Å². The van der Waals surface area contributed by atoms with Crippen molar-refractivity contribution in [1.29, 1.82) is 0 Å². The van der Waals surface area contributed by atoms with Crippen LogP contribution in [0.5, 0.6) is 0 Å². The number of halogens is 1.